The van der Waals surface area contributed by atoms with Gasteiger partial charge >= 0.3 is 0 Å². The van der Waals surface area contributed by atoms with Crippen LogP contribution in [0.25, 0.3) is 6.08 Å². The topological polar surface area (TPSA) is 84.0 Å². The highest BCUT2D eigenvalue weighted by Crippen LogP contribution is 2.28. The lowest BCUT2D eigenvalue weighted by Crippen LogP contribution is -2.11. The molecule has 0 bridgehead atoms. The van der Waals surface area contributed by atoms with E-state index in [9.17, 15) is 9.59 Å². The van der Waals surface area contributed by atoms with Gasteiger partial charge in [-0.1, -0.05) is 83.3 Å². The monoisotopic (exact) mass is 486 g/mol. The summed E-state index contributed by atoms with van der Waals surface area (Å²) in [4.78, 5) is 24.5. The van der Waals surface area contributed by atoms with Crippen molar-refractivity contribution in [1.82, 2.24) is 10.2 Å². The van der Waals surface area contributed by atoms with Crippen molar-refractivity contribution in [2.45, 2.75) is 17.0 Å². The quantitative estimate of drug-likeness (QED) is 0.180. The normalized spacial score (nSPS) is 10.9. The van der Waals surface area contributed by atoms with Gasteiger partial charge in [0.15, 0.2) is 4.34 Å². The largest absolute Gasteiger partial charge is 0.322 e. The molecule has 0 saturated carbocycles. The smallest absolute Gasteiger partial charge is 0.255 e. The third-order valence-electron chi connectivity index (χ3n) is 4.75. The Morgan fingerprint density at radius 1 is 0.912 bits per heavy atom. The predicted molar refractivity (Wildman–Crippen MR) is 139 cm³/mol. The summed E-state index contributed by atoms with van der Waals surface area (Å²) in [6.45, 7) is 2.01. The lowest BCUT2D eigenvalue weighted by molar-refractivity contribution is -0.111. The number of amides is 2. The molecule has 4 rings (SSSR count). The molecule has 0 spiro atoms. The van der Waals surface area contributed by atoms with Crippen molar-refractivity contribution in [2.24, 2.45) is 0 Å². The van der Waals surface area contributed by atoms with E-state index in [0.29, 0.717) is 16.4 Å². The van der Waals surface area contributed by atoms with Crippen molar-refractivity contribution in [3.63, 3.8) is 0 Å². The van der Waals surface area contributed by atoms with E-state index >= 15 is 0 Å². The third-order valence-corrected chi connectivity index (χ3v) is 6.79. The molecule has 2 amide bonds. The number of carbonyl (C=O) groups is 2. The lowest BCUT2D eigenvalue weighted by Gasteiger charge is -2.06. The van der Waals surface area contributed by atoms with E-state index in [4.69, 9.17) is 0 Å². The first-order valence-electron chi connectivity index (χ1n) is 10.5. The highest BCUT2D eigenvalue weighted by Gasteiger charge is 2.09. The van der Waals surface area contributed by atoms with Crippen molar-refractivity contribution in [2.75, 3.05) is 10.6 Å². The molecule has 1 heterocycles. The number of aromatic nitrogens is 2. The Labute approximate surface area is 206 Å². The van der Waals surface area contributed by atoms with E-state index in [1.54, 1.807) is 6.08 Å². The van der Waals surface area contributed by atoms with Crippen LogP contribution in [0.1, 0.15) is 27.0 Å². The third kappa shape index (κ3) is 6.87. The number of benzene rings is 3. The first kappa shape index (κ1) is 23.4. The molecule has 0 aliphatic heterocycles. The van der Waals surface area contributed by atoms with E-state index in [-0.39, 0.29) is 11.8 Å². The fraction of sp³-hybridized carbons (Fsp3) is 0.0769. The molecule has 0 radical (unpaired) electrons. The van der Waals surface area contributed by atoms with E-state index in [1.165, 1.54) is 29.2 Å². The van der Waals surface area contributed by atoms with Gasteiger partial charge in [0.25, 0.3) is 5.91 Å². The van der Waals surface area contributed by atoms with Gasteiger partial charge in [-0.3, -0.25) is 14.9 Å². The van der Waals surface area contributed by atoms with Crippen LogP contribution in [0.2, 0.25) is 0 Å². The van der Waals surface area contributed by atoms with Gasteiger partial charge in [-0.2, -0.15) is 0 Å². The number of rotatable bonds is 8. The number of nitrogens with one attached hydrogen (secondary N) is 2. The summed E-state index contributed by atoms with van der Waals surface area (Å²) in [5, 5.41) is 14.3. The summed E-state index contributed by atoms with van der Waals surface area (Å²) in [6.07, 6.45) is 3.22. The zero-order valence-corrected chi connectivity index (χ0v) is 20.0. The molecule has 4 aromatic rings. The van der Waals surface area contributed by atoms with Crippen LogP contribution in [-0.4, -0.2) is 22.0 Å². The Bertz CT molecular complexity index is 1280. The Hall–Kier alpha value is -3.75. The van der Waals surface area contributed by atoms with Crippen molar-refractivity contribution in [3.8, 4) is 0 Å². The van der Waals surface area contributed by atoms with Gasteiger partial charge in [-0.25, -0.2) is 0 Å². The molecule has 0 aliphatic carbocycles. The maximum Gasteiger partial charge on any atom is 0.255 e. The first-order chi connectivity index (χ1) is 16.5. The average Bonchev–Trinajstić information content (AvgIpc) is 3.31. The molecular weight excluding hydrogens is 464 g/mol. The summed E-state index contributed by atoms with van der Waals surface area (Å²) >= 11 is 2.85. The van der Waals surface area contributed by atoms with Crippen LogP contribution in [0.5, 0.6) is 0 Å². The molecule has 34 heavy (non-hydrogen) atoms. The van der Waals surface area contributed by atoms with Gasteiger partial charge < -0.3 is 5.32 Å². The van der Waals surface area contributed by atoms with Gasteiger partial charge in [0, 0.05) is 23.1 Å². The van der Waals surface area contributed by atoms with Crippen molar-refractivity contribution in [1.29, 1.82) is 0 Å². The van der Waals surface area contributed by atoms with E-state index in [1.807, 2.05) is 85.8 Å². The number of hydrogen-bond acceptors (Lipinski definition) is 6. The predicted octanol–water partition coefficient (Wildman–Crippen LogP) is 6.04. The second-order valence-corrected chi connectivity index (χ2v) is 9.61. The summed E-state index contributed by atoms with van der Waals surface area (Å²) in [6, 6.07) is 24.8. The van der Waals surface area contributed by atoms with Crippen LogP contribution in [0.4, 0.5) is 10.8 Å². The number of thioether (sulfide) groups is 1. The van der Waals surface area contributed by atoms with E-state index in [0.717, 1.165) is 26.7 Å². The second-order valence-electron chi connectivity index (χ2n) is 7.41. The lowest BCUT2D eigenvalue weighted by atomic mass is 10.1. The van der Waals surface area contributed by atoms with Crippen LogP contribution < -0.4 is 10.6 Å². The molecule has 0 atom stereocenters. The molecule has 0 aliphatic rings. The molecule has 6 nitrogen and oxygen atoms in total. The molecule has 0 unspecified atom stereocenters. The van der Waals surface area contributed by atoms with Crippen LogP contribution in [0.3, 0.4) is 0 Å². The fourth-order valence-electron chi connectivity index (χ4n) is 2.94. The average molecular weight is 487 g/mol. The van der Waals surface area contributed by atoms with Crippen molar-refractivity contribution >= 4 is 51.8 Å². The highest BCUT2D eigenvalue weighted by molar-refractivity contribution is 8.00. The zero-order chi connectivity index (χ0) is 23.8. The Morgan fingerprint density at radius 3 is 2.38 bits per heavy atom. The van der Waals surface area contributed by atoms with E-state index < -0.39 is 0 Å². The molecular formula is C26H22N4O2S2. The molecule has 3 aromatic carbocycles. The van der Waals surface area contributed by atoms with Crippen molar-refractivity contribution < 1.29 is 9.59 Å². The van der Waals surface area contributed by atoms with E-state index in [2.05, 4.69) is 20.8 Å². The maximum absolute atomic E-state index is 12.4. The first-order valence-corrected chi connectivity index (χ1v) is 12.3. The van der Waals surface area contributed by atoms with Crippen LogP contribution in [0.15, 0.2) is 89.3 Å². The fourth-order valence-corrected chi connectivity index (χ4v) is 4.65. The van der Waals surface area contributed by atoms with Crippen LogP contribution in [0, 0.1) is 6.92 Å². The molecule has 2 N–H and O–H groups in total. The van der Waals surface area contributed by atoms with Gasteiger partial charge in [0.05, 0.1) is 0 Å². The summed E-state index contributed by atoms with van der Waals surface area (Å²) in [7, 11) is 0. The second kappa shape index (κ2) is 11.4. The van der Waals surface area contributed by atoms with Crippen LogP contribution in [-0.2, 0) is 10.5 Å². The molecule has 8 heteroatoms. The number of carbonyl (C=O) groups excluding carboxylic acids is 2. The minimum absolute atomic E-state index is 0.145. The number of aryl methyl sites for hydroxylation is 1. The minimum Gasteiger partial charge on any atom is -0.322 e. The van der Waals surface area contributed by atoms with Crippen LogP contribution >= 0.6 is 23.1 Å². The summed E-state index contributed by atoms with van der Waals surface area (Å²) in [5.41, 5.74) is 4.52. The standard InChI is InChI=1S/C26H22N4O2S2/c1-18-7-14-22(15-8-18)27-24(32)21-12-9-20(10-13-21)17-33-26-30-29-25(34-26)28-23(31)16-11-19-5-3-2-4-6-19/h2-16H,17H2,1H3,(H,27,32)(H,28,29,31). The zero-order valence-electron chi connectivity index (χ0n) is 18.4. The molecule has 170 valence electrons. The highest BCUT2D eigenvalue weighted by atomic mass is 32.2. The minimum atomic E-state index is -0.254. The van der Waals surface area contributed by atoms with Gasteiger partial charge in [-0.05, 0) is 48.4 Å². The summed E-state index contributed by atoms with van der Waals surface area (Å²) < 4.78 is 0.753. The van der Waals surface area contributed by atoms with Gasteiger partial charge in [0.1, 0.15) is 0 Å². The number of nitrogens with zero attached hydrogens (tertiary/aromatic N) is 2. The molecule has 0 saturated heterocycles. The maximum atomic E-state index is 12.4. The number of hydrogen-bond donors (Lipinski definition) is 2. The number of anilines is 2. The van der Waals surface area contributed by atoms with Gasteiger partial charge in [-0.15, -0.1) is 10.2 Å². The molecule has 1 aromatic heterocycles. The van der Waals surface area contributed by atoms with Gasteiger partial charge in [0.2, 0.25) is 11.0 Å². The summed E-state index contributed by atoms with van der Waals surface area (Å²) in [5.74, 6) is 0.279. The van der Waals surface area contributed by atoms with Crippen molar-refractivity contribution in [3.05, 3.63) is 107 Å². The Balaban J connectivity index is 1.26. The SMILES string of the molecule is Cc1ccc(NC(=O)c2ccc(CSc3nnc(NC(=O)C=Cc4ccccc4)s3)cc2)cc1. The Morgan fingerprint density at radius 2 is 1.65 bits per heavy atom. The Kier molecular flexibility index (Phi) is 7.85. The molecule has 0 fully saturated rings.